The molecular weight excluding hydrogens is 194 g/mol. The van der Waals surface area contributed by atoms with Crippen molar-refractivity contribution in [1.82, 2.24) is 4.98 Å². The van der Waals surface area contributed by atoms with Crippen LogP contribution in [0.5, 0.6) is 0 Å². The van der Waals surface area contributed by atoms with E-state index in [1.807, 2.05) is 24.4 Å². The Kier molecular flexibility index (Phi) is 3.35. The van der Waals surface area contributed by atoms with Crippen LogP contribution in [-0.2, 0) is 0 Å². The van der Waals surface area contributed by atoms with Gasteiger partial charge in [0.15, 0.2) is 0 Å². The van der Waals surface area contributed by atoms with E-state index in [0.29, 0.717) is 5.92 Å². The third-order valence-corrected chi connectivity index (χ3v) is 2.86. The molecule has 0 saturated carbocycles. The van der Waals surface area contributed by atoms with Gasteiger partial charge >= 0.3 is 0 Å². The third-order valence-electron chi connectivity index (χ3n) is 2.86. The fourth-order valence-electron chi connectivity index (χ4n) is 1.69. The first-order chi connectivity index (χ1) is 7.81. The molecular formula is C15H16N. The Morgan fingerprint density at radius 3 is 2.62 bits per heavy atom. The van der Waals surface area contributed by atoms with Gasteiger partial charge in [-0.25, -0.2) is 0 Å². The predicted octanol–water partition coefficient (Wildman–Crippen LogP) is 4.08. The van der Waals surface area contributed by atoms with Crippen LogP contribution < -0.4 is 0 Å². The van der Waals surface area contributed by atoms with Gasteiger partial charge in [0.25, 0.3) is 0 Å². The summed E-state index contributed by atoms with van der Waals surface area (Å²) >= 11 is 0. The van der Waals surface area contributed by atoms with Gasteiger partial charge in [0, 0.05) is 11.8 Å². The summed E-state index contributed by atoms with van der Waals surface area (Å²) in [7, 11) is 0. The lowest BCUT2D eigenvalue weighted by Crippen LogP contribution is -1.93. The normalized spacial score (nSPS) is 12.4. The van der Waals surface area contributed by atoms with Gasteiger partial charge in [-0.1, -0.05) is 44.2 Å². The van der Waals surface area contributed by atoms with Gasteiger partial charge in [0.1, 0.15) is 0 Å². The average Bonchev–Trinajstić information content (AvgIpc) is 2.39. The molecule has 81 valence electrons. The van der Waals surface area contributed by atoms with Crippen LogP contribution in [0.1, 0.15) is 24.8 Å². The molecule has 16 heavy (non-hydrogen) atoms. The molecule has 0 amide bonds. The molecule has 1 heterocycles. The summed E-state index contributed by atoms with van der Waals surface area (Å²) in [5, 5.41) is 0. The number of hydrogen-bond acceptors (Lipinski definition) is 1. The molecule has 0 aliphatic carbocycles. The van der Waals surface area contributed by atoms with Crippen LogP contribution in [-0.4, -0.2) is 4.98 Å². The van der Waals surface area contributed by atoms with E-state index < -0.39 is 0 Å². The first-order valence-corrected chi connectivity index (χ1v) is 5.62. The molecule has 1 nitrogen and oxygen atoms in total. The maximum absolute atomic E-state index is 4.41. The molecule has 2 rings (SSSR count). The van der Waals surface area contributed by atoms with E-state index in [1.165, 1.54) is 11.1 Å². The maximum Gasteiger partial charge on any atom is 0.0704 e. The molecule has 1 unspecified atom stereocenters. The summed E-state index contributed by atoms with van der Waals surface area (Å²) in [6.45, 7) is 6.14. The third kappa shape index (κ3) is 2.30. The highest BCUT2D eigenvalue weighted by Crippen LogP contribution is 2.23. The molecule has 0 spiro atoms. The van der Waals surface area contributed by atoms with E-state index in [2.05, 4.69) is 43.1 Å². The van der Waals surface area contributed by atoms with Gasteiger partial charge in [0.05, 0.1) is 5.69 Å². The molecule has 0 aliphatic heterocycles. The fraction of sp³-hybridized carbons (Fsp3) is 0.200. The van der Waals surface area contributed by atoms with E-state index in [0.717, 1.165) is 12.1 Å². The topological polar surface area (TPSA) is 12.9 Å². The molecule has 0 N–H and O–H groups in total. The number of nitrogens with zero attached hydrogens (tertiary/aromatic N) is 1. The minimum atomic E-state index is 0.491. The van der Waals surface area contributed by atoms with Crippen molar-refractivity contribution < 1.29 is 0 Å². The number of rotatable bonds is 3. The molecule has 1 aromatic carbocycles. The Labute approximate surface area is 97.2 Å². The summed E-state index contributed by atoms with van der Waals surface area (Å²) < 4.78 is 0. The zero-order valence-electron chi connectivity index (χ0n) is 9.56. The largest absolute Gasteiger partial charge is 0.256 e. The summed E-state index contributed by atoms with van der Waals surface area (Å²) in [5.41, 5.74) is 3.52. The smallest absolute Gasteiger partial charge is 0.0704 e. The highest BCUT2D eigenvalue weighted by Gasteiger charge is 2.05. The van der Waals surface area contributed by atoms with E-state index in [4.69, 9.17) is 0 Å². The van der Waals surface area contributed by atoms with Crippen LogP contribution in [0.3, 0.4) is 0 Å². The summed E-state index contributed by atoms with van der Waals surface area (Å²) in [6, 6.07) is 14.5. The van der Waals surface area contributed by atoms with Crippen LogP contribution in [0.4, 0.5) is 0 Å². The van der Waals surface area contributed by atoms with Crippen molar-refractivity contribution in [1.29, 1.82) is 0 Å². The highest BCUT2D eigenvalue weighted by atomic mass is 14.7. The first kappa shape index (κ1) is 10.9. The van der Waals surface area contributed by atoms with Crippen LogP contribution in [0.15, 0.2) is 48.7 Å². The van der Waals surface area contributed by atoms with Crippen LogP contribution >= 0.6 is 0 Å². The van der Waals surface area contributed by atoms with Crippen LogP contribution in [0, 0.1) is 6.92 Å². The highest BCUT2D eigenvalue weighted by molar-refractivity contribution is 5.59. The SMILES string of the molecule is [CH2]CC(C)c1ccnc(-c2ccccc2)c1. The lowest BCUT2D eigenvalue weighted by Gasteiger charge is -2.10. The number of hydrogen-bond donors (Lipinski definition) is 0. The minimum Gasteiger partial charge on any atom is -0.256 e. The number of benzene rings is 1. The zero-order chi connectivity index (χ0) is 11.4. The fourth-order valence-corrected chi connectivity index (χ4v) is 1.69. The Balaban J connectivity index is 2.36. The molecule has 1 heteroatoms. The van der Waals surface area contributed by atoms with Gasteiger partial charge in [-0.2, -0.15) is 0 Å². The summed E-state index contributed by atoms with van der Waals surface area (Å²) in [4.78, 5) is 4.41. The second-order valence-corrected chi connectivity index (χ2v) is 4.03. The van der Waals surface area contributed by atoms with Crippen molar-refractivity contribution in [3.05, 3.63) is 61.1 Å². The minimum absolute atomic E-state index is 0.491. The van der Waals surface area contributed by atoms with E-state index in [-0.39, 0.29) is 0 Å². The lowest BCUT2D eigenvalue weighted by atomic mass is 9.98. The van der Waals surface area contributed by atoms with Gasteiger partial charge in [-0.05, 0) is 30.0 Å². The van der Waals surface area contributed by atoms with Crippen LogP contribution in [0.25, 0.3) is 11.3 Å². The molecule has 0 saturated heterocycles. The van der Waals surface area contributed by atoms with Gasteiger partial charge < -0.3 is 0 Å². The van der Waals surface area contributed by atoms with Crippen LogP contribution in [0.2, 0.25) is 0 Å². The first-order valence-electron chi connectivity index (χ1n) is 5.62. The van der Waals surface area contributed by atoms with Crippen molar-refractivity contribution in [2.24, 2.45) is 0 Å². The van der Waals surface area contributed by atoms with E-state index in [1.54, 1.807) is 0 Å². The molecule has 0 aliphatic rings. The molecule has 1 aromatic heterocycles. The molecule has 1 atom stereocenters. The van der Waals surface area contributed by atoms with Gasteiger partial charge in [-0.15, -0.1) is 0 Å². The average molecular weight is 210 g/mol. The van der Waals surface area contributed by atoms with Crippen molar-refractivity contribution in [3.63, 3.8) is 0 Å². The van der Waals surface area contributed by atoms with E-state index in [9.17, 15) is 0 Å². The van der Waals surface area contributed by atoms with Crippen molar-refractivity contribution in [3.8, 4) is 11.3 Å². The predicted molar refractivity (Wildman–Crippen MR) is 68.1 cm³/mol. The lowest BCUT2D eigenvalue weighted by molar-refractivity contribution is 0.777. The Morgan fingerprint density at radius 2 is 1.94 bits per heavy atom. The molecule has 2 aromatic rings. The molecule has 0 fully saturated rings. The van der Waals surface area contributed by atoms with Crippen molar-refractivity contribution in [2.75, 3.05) is 0 Å². The second kappa shape index (κ2) is 4.93. The van der Waals surface area contributed by atoms with Gasteiger partial charge in [-0.3, -0.25) is 4.98 Å². The van der Waals surface area contributed by atoms with Crippen molar-refractivity contribution >= 4 is 0 Å². The van der Waals surface area contributed by atoms with E-state index >= 15 is 0 Å². The zero-order valence-corrected chi connectivity index (χ0v) is 9.56. The summed E-state index contributed by atoms with van der Waals surface area (Å²) in [5.74, 6) is 0.491. The molecule has 0 bridgehead atoms. The number of aromatic nitrogens is 1. The Hall–Kier alpha value is -1.63. The maximum atomic E-state index is 4.41. The number of pyridine rings is 1. The molecule has 1 radical (unpaired) electrons. The second-order valence-electron chi connectivity index (χ2n) is 4.03. The Bertz CT molecular complexity index is 448. The summed E-state index contributed by atoms with van der Waals surface area (Å²) in [6.07, 6.45) is 2.79. The quantitative estimate of drug-likeness (QED) is 0.744. The monoisotopic (exact) mass is 210 g/mol. The van der Waals surface area contributed by atoms with Gasteiger partial charge in [0.2, 0.25) is 0 Å². The Morgan fingerprint density at radius 1 is 1.19 bits per heavy atom. The van der Waals surface area contributed by atoms with Crippen molar-refractivity contribution in [2.45, 2.75) is 19.3 Å². The standard InChI is InChI=1S/C15H16N/c1-3-12(2)14-9-10-16-15(11-14)13-7-5-4-6-8-13/h4-12H,1,3H2,2H3.